The highest BCUT2D eigenvalue weighted by Crippen LogP contribution is 2.43. The van der Waals surface area contributed by atoms with Crippen molar-refractivity contribution in [2.75, 3.05) is 69.7 Å². The molecule has 1 amide bonds. The van der Waals surface area contributed by atoms with Gasteiger partial charge in [0.15, 0.2) is 0 Å². The van der Waals surface area contributed by atoms with E-state index in [0.717, 1.165) is 71.2 Å². The minimum absolute atomic E-state index is 0.110. The molecule has 1 aliphatic carbocycles. The Morgan fingerprint density at radius 3 is 2.53 bits per heavy atom. The largest absolute Gasteiger partial charge is 0.378 e. The van der Waals surface area contributed by atoms with E-state index in [2.05, 4.69) is 38.2 Å². The first-order chi connectivity index (χ1) is 17.7. The maximum atomic E-state index is 13.5. The van der Waals surface area contributed by atoms with E-state index >= 15 is 0 Å². The van der Waals surface area contributed by atoms with Crippen LogP contribution in [-0.2, 0) is 4.74 Å². The van der Waals surface area contributed by atoms with E-state index in [1.54, 1.807) is 0 Å². The molecule has 6 rings (SSSR count). The van der Waals surface area contributed by atoms with E-state index in [9.17, 15) is 4.79 Å². The van der Waals surface area contributed by atoms with Crippen LogP contribution in [0.4, 0.5) is 17.5 Å². The molecule has 9 nitrogen and oxygen atoms in total. The average Bonchev–Trinajstić information content (AvgIpc) is 3.57. The number of anilines is 3. The quantitative estimate of drug-likeness (QED) is 0.559. The molecule has 2 saturated heterocycles. The predicted molar refractivity (Wildman–Crippen MR) is 143 cm³/mol. The van der Waals surface area contributed by atoms with Crippen molar-refractivity contribution in [1.82, 2.24) is 24.8 Å². The first-order valence-electron chi connectivity index (χ1n) is 13.0. The number of likely N-dealkylation sites (N-methyl/N-ethyl adjacent to an activating group) is 1. The van der Waals surface area contributed by atoms with Gasteiger partial charge in [-0.1, -0.05) is 12.8 Å². The van der Waals surface area contributed by atoms with Gasteiger partial charge in [0, 0.05) is 44.8 Å². The maximum Gasteiger partial charge on any atom is 0.264 e. The van der Waals surface area contributed by atoms with Gasteiger partial charge in [-0.05, 0) is 37.9 Å². The van der Waals surface area contributed by atoms with Crippen LogP contribution in [0.15, 0.2) is 24.5 Å². The molecule has 1 N–H and O–H groups in total. The predicted octanol–water partition coefficient (Wildman–Crippen LogP) is 3.71. The number of hydrogen-bond donors (Lipinski definition) is 1. The normalized spacial score (nSPS) is 19.8. The standard InChI is InChI=1S/C26H33N7O2S/c1-31-8-10-32(11-9-31)19-6-7-21(27-16-19)29-26-28-17-20-23(30-26)22(18-4-2-3-5-18)24(36-20)25(34)33-12-14-35-15-13-33/h6-7,16-18H,2-5,8-15H2,1H3,(H,27,28,29,30). The number of amides is 1. The van der Waals surface area contributed by atoms with Crippen LogP contribution in [0.3, 0.4) is 0 Å². The van der Waals surface area contributed by atoms with Crippen molar-refractivity contribution in [3.8, 4) is 0 Å². The first kappa shape index (κ1) is 23.6. The molecule has 5 heterocycles. The summed E-state index contributed by atoms with van der Waals surface area (Å²) in [5.41, 5.74) is 3.17. The van der Waals surface area contributed by atoms with Gasteiger partial charge in [-0.25, -0.2) is 15.0 Å². The molecule has 36 heavy (non-hydrogen) atoms. The molecule has 3 aliphatic rings. The molecule has 190 valence electrons. The summed E-state index contributed by atoms with van der Waals surface area (Å²) < 4.78 is 6.43. The Morgan fingerprint density at radius 1 is 1.03 bits per heavy atom. The van der Waals surface area contributed by atoms with E-state index in [4.69, 9.17) is 9.72 Å². The number of rotatable bonds is 5. The highest BCUT2D eigenvalue weighted by atomic mass is 32.1. The van der Waals surface area contributed by atoms with Crippen molar-refractivity contribution in [3.63, 3.8) is 0 Å². The summed E-state index contributed by atoms with van der Waals surface area (Å²) in [7, 11) is 2.16. The first-order valence-corrected chi connectivity index (χ1v) is 13.8. The molecule has 10 heteroatoms. The van der Waals surface area contributed by atoms with Crippen LogP contribution in [0.5, 0.6) is 0 Å². The van der Waals surface area contributed by atoms with Crippen molar-refractivity contribution in [1.29, 1.82) is 0 Å². The number of piperazine rings is 1. The Bertz CT molecular complexity index is 1210. The smallest absolute Gasteiger partial charge is 0.264 e. The lowest BCUT2D eigenvalue weighted by atomic mass is 9.96. The molecule has 0 spiro atoms. The van der Waals surface area contributed by atoms with Gasteiger partial charge in [0.1, 0.15) is 5.82 Å². The Morgan fingerprint density at radius 2 is 1.81 bits per heavy atom. The molecular weight excluding hydrogens is 474 g/mol. The highest BCUT2D eigenvalue weighted by Gasteiger charge is 2.31. The second-order valence-electron chi connectivity index (χ2n) is 9.95. The zero-order valence-corrected chi connectivity index (χ0v) is 21.6. The average molecular weight is 508 g/mol. The van der Waals surface area contributed by atoms with Gasteiger partial charge in [-0.2, -0.15) is 0 Å². The molecule has 3 aromatic heterocycles. The van der Waals surface area contributed by atoms with E-state index in [0.29, 0.717) is 38.2 Å². The fourth-order valence-electron chi connectivity index (χ4n) is 5.46. The number of nitrogens with one attached hydrogen (secondary N) is 1. The second-order valence-corrected chi connectivity index (χ2v) is 11.0. The minimum Gasteiger partial charge on any atom is -0.378 e. The van der Waals surface area contributed by atoms with Crippen molar-refractivity contribution in [2.24, 2.45) is 0 Å². The lowest BCUT2D eigenvalue weighted by molar-refractivity contribution is 0.0305. The molecule has 2 aliphatic heterocycles. The zero-order valence-electron chi connectivity index (χ0n) is 20.8. The molecule has 0 radical (unpaired) electrons. The van der Waals surface area contributed by atoms with Crippen LogP contribution in [-0.4, -0.2) is 90.2 Å². The molecule has 3 fully saturated rings. The van der Waals surface area contributed by atoms with Crippen LogP contribution in [0.1, 0.15) is 46.8 Å². The molecular formula is C26H33N7O2S. The summed E-state index contributed by atoms with van der Waals surface area (Å²) in [5.74, 6) is 1.72. The SMILES string of the molecule is CN1CCN(c2ccc(Nc3ncc4sc(C(=O)N5CCOCC5)c(C5CCCC5)c4n3)nc2)CC1. The third kappa shape index (κ3) is 4.77. The van der Waals surface area contributed by atoms with Gasteiger partial charge in [-0.3, -0.25) is 4.79 Å². The number of thiophene rings is 1. The molecule has 0 atom stereocenters. The summed E-state index contributed by atoms with van der Waals surface area (Å²) in [6, 6.07) is 4.09. The van der Waals surface area contributed by atoms with Gasteiger partial charge in [0.05, 0.1) is 46.4 Å². The number of carbonyl (C=O) groups is 1. The number of nitrogens with zero attached hydrogens (tertiary/aromatic N) is 6. The number of hydrogen-bond acceptors (Lipinski definition) is 9. The maximum absolute atomic E-state index is 13.5. The molecule has 0 aromatic carbocycles. The number of morpholine rings is 1. The Labute approximate surface area is 215 Å². The number of carbonyl (C=O) groups excluding carboxylic acids is 1. The van der Waals surface area contributed by atoms with E-state index in [1.165, 1.54) is 24.2 Å². The van der Waals surface area contributed by atoms with E-state index in [-0.39, 0.29) is 5.91 Å². The summed E-state index contributed by atoms with van der Waals surface area (Å²) in [6.45, 7) is 6.64. The van der Waals surface area contributed by atoms with Gasteiger partial charge >= 0.3 is 0 Å². The Kier molecular flexibility index (Phi) is 6.73. The number of fused-ring (bicyclic) bond motifs is 1. The number of aromatic nitrogens is 3. The molecule has 3 aromatic rings. The van der Waals surface area contributed by atoms with Gasteiger partial charge in [0.2, 0.25) is 5.95 Å². The lowest BCUT2D eigenvalue weighted by Crippen LogP contribution is -2.44. The minimum atomic E-state index is 0.110. The highest BCUT2D eigenvalue weighted by molar-refractivity contribution is 7.21. The van der Waals surface area contributed by atoms with Crippen LogP contribution in [0.2, 0.25) is 0 Å². The van der Waals surface area contributed by atoms with Crippen LogP contribution < -0.4 is 10.2 Å². The van der Waals surface area contributed by atoms with E-state index < -0.39 is 0 Å². The topological polar surface area (TPSA) is 86.7 Å². The van der Waals surface area contributed by atoms with Crippen LogP contribution in [0, 0.1) is 0 Å². The van der Waals surface area contributed by atoms with Crippen LogP contribution >= 0.6 is 11.3 Å². The fourth-order valence-corrected chi connectivity index (χ4v) is 6.63. The van der Waals surface area contributed by atoms with Crippen molar-refractivity contribution >= 4 is 44.9 Å². The number of ether oxygens (including phenoxy) is 1. The number of pyridine rings is 1. The van der Waals surface area contributed by atoms with Crippen molar-refractivity contribution < 1.29 is 9.53 Å². The zero-order chi connectivity index (χ0) is 24.5. The Hall–Kier alpha value is -2.82. The summed E-state index contributed by atoms with van der Waals surface area (Å²) >= 11 is 1.54. The fraction of sp³-hybridized carbons (Fsp3) is 0.538. The molecule has 0 bridgehead atoms. The lowest BCUT2D eigenvalue weighted by Gasteiger charge is -2.33. The summed E-state index contributed by atoms with van der Waals surface area (Å²) in [6.07, 6.45) is 8.39. The summed E-state index contributed by atoms with van der Waals surface area (Å²) in [4.78, 5) is 35.1. The molecule has 1 saturated carbocycles. The Balaban J connectivity index is 1.26. The van der Waals surface area contributed by atoms with E-state index in [1.807, 2.05) is 23.4 Å². The van der Waals surface area contributed by atoms with Crippen molar-refractivity contribution in [3.05, 3.63) is 35.0 Å². The summed E-state index contributed by atoms with van der Waals surface area (Å²) in [5, 5.41) is 3.29. The van der Waals surface area contributed by atoms with Crippen molar-refractivity contribution in [2.45, 2.75) is 31.6 Å². The second kappa shape index (κ2) is 10.3. The van der Waals surface area contributed by atoms with Gasteiger partial charge in [-0.15, -0.1) is 11.3 Å². The van der Waals surface area contributed by atoms with Crippen LogP contribution in [0.25, 0.3) is 10.2 Å². The third-order valence-electron chi connectivity index (χ3n) is 7.58. The molecule has 0 unspecified atom stereocenters. The van der Waals surface area contributed by atoms with Gasteiger partial charge < -0.3 is 24.8 Å². The van der Waals surface area contributed by atoms with Gasteiger partial charge in [0.25, 0.3) is 5.91 Å². The third-order valence-corrected chi connectivity index (χ3v) is 8.70. The monoisotopic (exact) mass is 507 g/mol.